The molecule has 0 bridgehead atoms. The smallest absolute Gasteiger partial charge is 0.125 e. The summed E-state index contributed by atoms with van der Waals surface area (Å²) in [6, 6.07) is 5.99. The van der Waals surface area contributed by atoms with Crippen molar-refractivity contribution in [2.24, 2.45) is 11.3 Å². The fourth-order valence-corrected chi connectivity index (χ4v) is 2.71. The SMILES string of the molecule is CC(C)(C)C1CCC(O)C(Oc2ccc(F)cc2)C1. The molecule has 1 aliphatic carbocycles. The van der Waals surface area contributed by atoms with E-state index in [0.717, 1.165) is 19.3 Å². The molecule has 1 aromatic rings. The summed E-state index contributed by atoms with van der Waals surface area (Å²) >= 11 is 0. The number of hydrogen-bond acceptors (Lipinski definition) is 2. The Kier molecular flexibility index (Phi) is 4.14. The Bertz CT molecular complexity index is 408. The number of aliphatic hydroxyl groups excluding tert-OH is 1. The summed E-state index contributed by atoms with van der Waals surface area (Å²) in [5, 5.41) is 10.1. The van der Waals surface area contributed by atoms with Gasteiger partial charge in [-0.2, -0.15) is 0 Å². The van der Waals surface area contributed by atoms with Gasteiger partial charge in [0.15, 0.2) is 0 Å². The van der Waals surface area contributed by atoms with Gasteiger partial charge in [0.1, 0.15) is 17.7 Å². The lowest BCUT2D eigenvalue weighted by Crippen LogP contribution is -2.41. The van der Waals surface area contributed by atoms with Crippen LogP contribution in [0.15, 0.2) is 24.3 Å². The molecule has 1 saturated carbocycles. The van der Waals surface area contributed by atoms with Crippen LogP contribution < -0.4 is 4.74 Å². The van der Waals surface area contributed by atoms with Crippen LogP contribution in [0.1, 0.15) is 40.0 Å². The minimum atomic E-state index is -0.427. The summed E-state index contributed by atoms with van der Waals surface area (Å²) in [6.07, 6.45) is 2.04. The fraction of sp³-hybridized carbons (Fsp3) is 0.625. The van der Waals surface area contributed by atoms with Crippen molar-refractivity contribution in [2.45, 2.75) is 52.2 Å². The van der Waals surface area contributed by atoms with Crippen LogP contribution in [-0.2, 0) is 0 Å². The number of hydrogen-bond donors (Lipinski definition) is 1. The molecule has 1 aliphatic rings. The van der Waals surface area contributed by atoms with Crippen molar-refractivity contribution in [2.75, 3.05) is 0 Å². The molecule has 0 radical (unpaired) electrons. The first kappa shape index (κ1) is 14.3. The molecular weight excluding hydrogens is 243 g/mol. The van der Waals surface area contributed by atoms with Crippen molar-refractivity contribution < 1.29 is 14.2 Å². The van der Waals surface area contributed by atoms with Crippen LogP contribution in [-0.4, -0.2) is 17.3 Å². The summed E-state index contributed by atoms with van der Waals surface area (Å²) in [6.45, 7) is 6.68. The lowest BCUT2D eigenvalue weighted by Gasteiger charge is -2.39. The fourth-order valence-electron chi connectivity index (χ4n) is 2.71. The lowest BCUT2D eigenvalue weighted by molar-refractivity contribution is -0.0297. The first-order valence-electron chi connectivity index (χ1n) is 6.96. The van der Waals surface area contributed by atoms with Crippen LogP contribution >= 0.6 is 0 Å². The van der Waals surface area contributed by atoms with Gasteiger partial charge in [-0.15, -0.1) is 0 Å². The molecule has 2 nitrogen and oxygen atoms in total. The summed E-state index contributed by atoms with van der Waals surface area (Å²) in [5.74, 6) is 0.894. The molecule has 0 heterocycles. The third-order valence-corrected chi connectivity index (χ3v) is 4.08. The van der Waals surface area contributed by atoms with Crippen LogP contribution in [0.4, 0.5) is 4.39 Å². The number of ether oxygens (including phenoxy) is 1. The molecule has 0 spiro atoms. The predicted molar refractivity (Wildman–Crippen MR) is 73.6 cm³/mol. The van der Waals surface area contributed by atoms with Gasteiger partial charge in [0, 0.05) is 0 Å². The maximum Gasteiger partial charge on any atom is 0.125 e. The van der Waals surface area contributed by atoms with Crippen molar-refractivity contribution in [3.05, 3.63) is 30.1 Å². The minimum absolute atomic E-state index is 0.191. The zero-order valence-electron chi connectivity index (χ0n) is 11.9. The standard InChI is InChI=1S/C16H23FO2/c1-16(2,3)11-4-9-14(18)15(10-11)19-13-7-5-12(17)6-8-13/h5-8,11,14-15,18H,4,9-10H2,1-3H3. The quantitative estimate of drug-likeness (QED) is 0.882. The molecule has 2 rings (SSSR count). The van der Waals surface area contributed by atoms with Gasteiger partial charge in [0.05, 0.1) is 6.10 Å². The molecular formula is C16H23FO2. The second-order valence-corrected chi connectivity index (χ2v) is 6.55. The van der Waals surface area contributed by atoms with Crippen molar-refractivity contribution in [1.29, 1.82) is 0 Å². The van der Waals surface area contributed by atoms with Crippen molar-refractivity contribution >= 4 is 0 Å². The van der Waals surface area contributed by atoms with Crippen molar-refractivity contribution in [3.63, 3.8) is 0 Å². The van der Waals surface area contributed by atoms with E-state index in [9.17, 15) is 9.50 Å². The normalized spacial score (nSPS) is 28.2. The first-order chi connectivity index (χ1) is 8.86. The maximum absolute atomic E-state index is 12.9. The largest absolute Gasteiger partial charge is 0.488 e. The third kappa shape index (κ3) is 3.69. The molecule has 1 N–H and O–H groups in total. The number of rotatable bonds is 2. The van der Waals surface area contributed by atoms with E-state index in [2.05, 4.69) is 20.8 Å². The molecule has 106 valence electrons. The number of halogens is 1. The van der Waals surface area contributed by atoms with Crippen molar-refractivity contribution in [1.82, 2.24) is 0 Å². The van der Waals surface area contributed by atoms with Gasteiger partial charge in [-0.3, -0.25) is 0 Å². The molecule has 0 aliphatic heterocycles. The topological polar surface area (TPSA) is 29.5 Å². The maximum atomic E-state index is 12.9. The number of benzene rings is 1. The summed E-state index contributed by atoms with van der Waals surface area (Å²) in [5.41, 5.74) is 0.227. The Hall–Kier alpha value is -1.09. The molecule has 19 heavy (non-hydrogen) atoms. The Balaban J connectivity index is 2.03. The lowest BCUT2D eigenvalue weighted by atomic mass is 9.71. The molecule has 3 atom stereocenters. The van der Waals surface area contributed by atoms with E-state index in [1.807, 2.05) is 0 Å². The molecule has 0 saturated heterocycles. The average molecular weight is 266 g/mol. The van der Waals surface area contributed by atoms with E-state index >= 15 is 0 Å². The summed E-state index contributed by atoms with van der Waals surface area (Å²) in [4.78, 5) is 0. The highest BCUT2D eigenvalue weighted by molar-refractivity contribution is 5.22. The van der Waals surface area contributed by atoms with Crippen LogP contribution in [0.3, 0.4) is 0 Å². The Morgan fingerprint density at radius 2 is 1.79 bits per heavy atom. The van der Waals surface area contributed by atoms with Gasteiger partial charge in [0.2, 0.25) is 0 Å². The summed E-state index contributed by atoms with van der Waals surface area (Å²) in [7, 11) is 0. The highest BCUT2D eigenvalue weighted by Crippen LogP contribution is 2.39. The van der Waals surface area contributed by atoms with E-state index in [-0.39, 0.29) is 17.3 Å². The zero-order valence-corrected chi connectivity index (χ0v) is 11.9. The van der Waals surface area contributed by atoms with Crippen LogP contribution in [0.2, 0.25) is 0 Å². The van der Waals surface area contributed by atoms with E-state index in [1.54, 1.807) is 12.1 Å². The third-order valence-electron chi connectivity index (χ3n) is 4.08. The van der Waals surface area contributed by atoms with Gasteiger partial charge in [-0.05, 0) is 54.9 Å². The molecule has 0 aromatic heterocycles. The zero-order chi connectivity index (χ0) is 14.0. The molecule has 1 fully saturated rings. The Morgan fingerprint density at radius 3 is 2.37 bits per heavy atom. The second kappa shape index (κ2) is 5.49. The summed E-state index contributed by atoms with van der Waals surface area (Å²) < 4.78 is 18.7. The second-order valence-electron chi connectivity index (χ2n) is 6.55. The number of aliphatic hydroxyl groups is 1. The van der Waals surface area contributed by atoms with Gasteiger partial charge >= 0.3 is 0 Å². The molecule has 3 unspecified atom stereocenters. The average Bonchev–Trinajstić information content (AvgIpc) is 2.33. The minimum Gasteiger partial charge on any atom is -0.488 e. The van der Waals surface area contributed by atoms with Gasteiger partial charge in [-0.1, -0.05) is 20.8 Å². The van der Waals surface area contributed by atoms with Crippen molar-refractivity contribution in [3.8, 4) is 5.75 Å². The molecule has 1 aromatic carbocycles. The van der Waals surface area contributed by atoms with E-state index in [4.69, 9.17) is 4.74 Å². The van der Waals surface area contributed by atoms with Crippen LogP contribution in [0.25, 0.3) is 0 Å². The van der Waals surface area contributed by atoms with Gasteiger partial charge in [-0.25, -0.2) is 4.39 Å². The van der Waals surface area contributed by atoms with E-state index in [1.165, 1.54) is 12.1 Å². The van der Waals surface area contributed by atoms with Gasteiger partial charge in [0.25, 0.3) is 0 Å². The first-order valence-corrected chi connectivity index (χ1v) is 6.96. The van der Waals surface area contributed by atoms with E-state index < -0.39 is 6.10 Å². The van der Waals surface area contributed by atoms with E-state index in [0.29, 0.717) is 11.7 Å². The highest BCUT2D eigenvalue weighted by atomic mass is 19.1. The Labute approximate surface area is 114 Å². The molecule has 0 amide bonds. The predicted octanol–water partition coefficient (Wildman–Crippen LogP) is 3.78. The van der Waals surface area contributed by atoms with Crippen LogP contribution in [0.5, 0.6) is 5.75 Å². The monoisotopic (exact) mass is 266 g/mol. The molecule has 3 heteroatoms. The Morgan fingerprint density at radius 1 is 1.16 bits per heavy atom. The highest BCUT2D eigenvalue weighted by Gasteiger charge is 2.36. The van der Waals surface area contributed by atoms with Gasteiger partial charge < -0.3 is 9.84 Å². The van der Waals surface area contributed by atoms with Crippen LogP contribution in [0, 0.1) is 17.2 Å².